The number of nitrogens with two attached hydrogens (primary N) is 1. The van der Waals surface area contributed by atoms with Gasteiger partial charge in [-0.1, -0.05) is 36.4 Å². The molecule has 7 heteroatoms. The molecule has 5 nitrogen and oxygen atoms in total. The van der Waals surface area contributed by atoms with Gasteiger partial charge in [0.25, 0.3) is 5.91 Å². The first-order valence-electron chi connectivity index (χ1n) is 8.15. The number of pyridine rings is 1. The Bertz CT molecular complexity index is 1070. The van der Waals surface area contributed by atoms with Crippen molar-refractivity contribution in [3.63, 3.8) is 0 Å². The second kappa shape index (κ2) is 6.28. The summed E-state index contributed by atoms with van der Waals surface area (Å²) in [5, 5.41) is 2.50. The van der Waals surface area contributed by atoms with E-state index in [1.165, 1.54) is 36.5 Å². The molecule has 0 fully saturated rings. The minimum absolute atomic E-state index is 0.00424. The van der Waals surface area contributed by atoms with Gasteiger partial charge in [0.2, 0.25) is 5.95 Å². The van der Waals surface area contributed by atoms with Crippen molar-refractivity contribution in [2.24, 2.45) is 10.7 Å². The van der Waals surface area contributed by atoms with Crippen molar-refractivity contribution in [2.45, 2.75) is 5.54 Å². The van der Waals surface area contributed by atoms with Gasteiger partial charge >= 0.3 is 0 Å². The summed E-state index contributed by atoms with van der Waals surface area (Å²) in [5.41, 5.74) is 5.19. The zero-order valence-corrected chi connectivity index (χ0v) is 14.0. The molecule has 3 N–H and O–H groups in total. The molecule has 27 heavy (non-hydrogen) atoms. The quantitative estimate of drug-likeness (QED) is 0.701. The van der Waals surface area contributed by atoms with E-state index in [0.29, 0.717) is 11.1 Å². The molecular weight excluding hydrogens is 350 g/mol. The number of nitrogens with zero attached hydrogens (tertiary/aromatic N) is 2. The number of carbonyl (C=O) groups is 1. The van der Waals surface area contributed by atoms with E-state index in [4.69, 9.17) is 5.73 Å². The number of aliphatic imine (C=N–C) groups is 1. The highest BCUT2D eigenvalue weighted by atomic mass is 19.1. The van der Waals surface area contributed by atoms with Crippen LogP contribution in [-0.4, -0.2) is 16.9 Å². The molecular formula is C20H14F2N4O. The molecule has 3 aromatic rings. The Morgan fingerprint density at radius 1 is 0.926 bits per heavy atom. The zero-order valence-electron chi connectivity index (χ0n) is 14.0. The van der Waals surface area contributed by atoms with E-state index >= 15 is 0 Å². The maximum absolute atomic E-state index is 14.5. The molecule has 1 atom stereocenters. The smallest absolute Gasteiger partial charge is 0.263 e. The van der Waals surface area contributed by atoms with Gasteiger partial charge in [0.15, 0.2) is 11.5 Å². The lowest BCUT2D eigenvalue weighted by Crippen LogP contribution is -2.39. The van der Waals surface area contributed by atoms with Crippen LogP contribution in [0.5, 0.6) is 0 Å². The number of benzene rings is 2. The van der Waals surface area contributed by atoms with Crippen LogP contribution >= 0.6 is 0 Å². The van der Waals surface area contributed by atoms with Crippen LogP contribution in [-0.2, 0) is 10.3 Å². The maximum atomic E-state index is 14.5. The molecule has 4 rings (SSSR count). The second-order valence-electron chi connectivity index (χ2n) is 6.06. The predicted molar refractivity (Wildman–Crippen MR) is 96.6 cm³/mol. The fourth-order valence-corrected chi connectivity index (χ4v) is 3.25. The molecule has 0 spiro atoms. The van der Waals surface area contributed by atoms with Gasteiger partial charge < -0.3 is 5.73 Å². The van der Waals surface area contributed by atoms with Gasteiger partial charge in [-0.15, -0.1) is 0 Å². The number of amides is 1. The minimum Gasteiger partial charge on any atom is -0.370 e. The molecule has 1 unspecified atom stereocenters. The van der Waals surface area contributed by atoms with Gasteiger partial charge in [-0.3, -0.25) is 10.1 Å². The van der Waals surface area contributed by atoms with Crippen LogP contribution in [0.2, 0.25) is 0 Å². The van der Waals surface area contributed by atoms with Crippen LogP contribution in [0.4, 0.5) is 8.78 Å². The number of halogens is 2. The summed E-state index contributed by atoms with van der Waals surface area (Å²) in [7, 11) is 0. The lowest BCUT2D eigenvalue weighted by atomic mass is 9.82. The van der Waals surface area contributed by atoms with E-state index in [1.54, 1.807) is 30.3 Å². The van der Waals surface area contributed by atoms with Crippen molar-refractivity contribution in [1.82, 2.24) is 10.3 Å². The lowest BCUT2D eigenvalue weighted by molar-refractivity contribution is -0.122. The molecule has 1 amide bonds. The monoisotopic (exact) mass is 364 g/mol. The summed E-state index contributed by atoms with van der Waals surface area (Å²) >= 11 is 0. The third-order valence-corrected chi connectivity index (χ3v) is 4.48. The zero-order chi connectivity index (χ0) is 19.0. The first-order chi connectivity index (χ1) is 13.0. The van der Waals surface area contributed by atoms with Crippen molar-refractivity contribution >= 4 is 11.9 Å². The third kappa shape index (κ3) is 2.64. The van der Waals surface area contributed by atoms with Crippen LogP contribution in [0, 0.1) is 11.8 Å². The Balaban J connectivity index is 1.97. The topological polar surface area (TPSA) is 80.4 Å². The lowest BCUT2D eigenvalue weighted by Gasteiger charge is -2.25. The normalized spacial score (nSPS) is 18.9. The number of hydrogen-bond acceptors (Lipinski definition) is 4. The van der Waals surface area contributed by atoms with Crippen LogP contribution < -0.4 is 11.1 Å². The van der Waals surface area contributed by atoms with E-state index in [0.717, 1.165) is 0 Å². The molecule has 134 valence electrons. The van der Waals surface area contributed by atoms with Crippen LogP contribution in [0.15, 0.2) is 71.9 Å². The molecule has 0 saturated carbocycles. The first kappa shape index (κ1) is 16.8. The van der Waals surface area contributed by atoms with Gasteiger partial charge in [0, 0.05) is 17.3 Å². The SMILES string of the molecule is NC1=NC(c2ccccc2)(c2ccc(F)c(-c3cccnc3F)c2)C(=O)N1. The molecule has 2 heterocycles. The number of aromatic nitrogens is 1. The Hall–Kier alpha value is -3.61. The fourth-order valence-electron chi connectivity index (χ4n) is 3.25. The third-order valence-electron chi connectivity index (χ3n) is 4.48. The largest absolute Gasteiger partial charge is 0.370 e. The van der Waals surface area contributed by atoms with Gasteiger partial charge in [0.05, 0.1) is 0 Å². The van der Waals surface area contributed by atoms with Crippen molar-refractivity contribution in [3.05, 3.63) is 89.8 Å². The molecule has 0 saturated heterocycles. The Labute approximate surface area is 153 Å². The second-order valence-corrected chi connectivity index (χ2v) is 6.06. The van der Waals surface area contributed by atoms with Crippen LogP contribution in [0.3, 0.4) is 0 Å². The first-order valence-corrected chi connectivity index (χ1v) is 8.15. The van der Waals surface area contributed by atoms with Gasteiger partial charge in [-0.05, 0) is 35.4 Å². The van der Waals surface area contributed by atoms with E-state index in [9.17, 15) is 13.6 Å². The summed E-state index contributed by atoms with van der Waals surface area (Å²) in [4.78, 5) is 20.7. The predicted octanol–water partition coefficient (Wildman–Crippen LogP) is 2.71. The Morgan fingerprint density at radius 3 is 2.37 bits per heavy atom. The highest BCUT2D eigenvalue weighted by molar-refractivity contribution is 6.09. The minimum atomic E-state index is -1.48. The average molecular weight is 364 g/mol. The standard InChI is InChI=1S/C20H14F2N4O/c21-16-9-8-13(11-15(16)14-7-4-10-24-17(14)22)20(12-5-2-1-3-6-12)18(27)25-19(23)26-20/h1-11H,(H3,23,25,26,27). The number of guanidine groups is 1. The van der Waals surface area contributed by atoms with E-state index in [1.807, 2.05) is 0 Å². The summed E-state index contributed by atoms with van der Waals surface area (Å²) in [6.45, 7) is 0. The Morgan fingerprint density at radius 2 is 1.70 bits per heavy atom. The van der Waals surface area contributed by atoms with Crippen molar-refractivity contribution in [1.29, 1.82) is 0 Å². The molecule has 0 bridgehead atoms. The summed E-state index contributed by atoms with van der Waals surface area (Å²) in [5.74, 6) is -1.94. The summed E-state index contributed by atoms with van der Waals surface area (Å²) in [6.07, 6.45) is 1.28. The van der Waals surface area contributed by atoms with E-state index in [2.05, 4.69) is 15.3 Å². The molecule has 1 aliphatic rings. The Kier molecular flexibility index (Phi) is 3.92. The van der Waals surface area contributed by atoms with E-state index < -0.39 is 23.2 Å². The van der Waals surface area contributed by atoms with Crippen molar-refractivity contribution < 1.29 is 13.6 Å². The fraction of sp³-hybridized carbons (Fsp3) is 0.0500. The van der Waals surface area contributed by atoms with E-state index in [-0.39, 0.29) is 17.1 Å². The number of hydrogen-bond donors (Lipinski definition) is 2. The summed E-state index contributed by atoms with van der Waals surface area (Å²) in [6, 6.07) is 15.8. The number of carbonyl (C=O) groups excluding carboxylic acids is 1. The molecule has 2 aromatic carbocycles. The number of rotatable bonds is 3. The molecule has 0 aliphatic carbocycles. The van der Waals surface area contributed by atoms with Gasteiger partial charge in [0.1, 0.15) is 5.82 Å². The highest BCUT2D eigenvalue weighted by Gasteiger charge is 2.46. The van der Waals surface area contributed by atoms with Gasteiger partial charge in [-0.2, -0.15) is 4.39 Å². The molecule has 0 radical (unpaired) electrons. The van der Waals surface area contributed by atoms with Crippen molar-refractivity contribution in [3.8, 4) is 11.1 Å². The number of nitrogens with one attached hydrogen (secondary N) is 1. The summed E-state index contributed by atoms with van der Waals surface area (Å²) < 4.78 is 28.6. The van der Waals surface area contributed by atoms with Crippen LogP contribution in [0.25, 0.3) is 11.1 Å². The average Bonchev–Trinajstić information content (AvgIpc) is 2.98. The van der Waals surface area contributed by atoms with Crippen LogP contribution in [0.1, 0.15) is 11.1 Å². The highest BCUT2D eigenvalue weighted by Crippen LogP contribution is 2.39. The molecule has 1 aromatic heterocycles. The van der Waals surface area contributed by atoms with Gasteiger partial charge in [-0.25, -0.2) is 14.4 Å². The maximum Gasteiger partial charge on any atom is 0.263 e. The molecule has 1 aliphatic heterocycles. The van der Waals surface area contributed by atoms with Crippen molar-refractivity contribution in [2.75, 3.05) is 0 Å².